The smallest absolute Gasteiger partial charge is 0.228 e. The molecule has 1 amide bonds. The minimum Gasteiger partial charge on any atom is -0.326 e. The highest BCUT2D eigenvalue weighted by molar-refractivity contribution is 7.97. The molecule has 2 aromatic carbocycles. The average molecular weight is 302 g/mol. The van der Waals surface area contributed by atoms with Crippen LogP contribution in [0.15, 0.2) is 47.4 Å². The number of anilines is 1. The zero-order valence-corrected chi connectivity index (χ0v) is 12.1. The third-order valence-electron chi connectivity index (χ3n) is 3.71. The van der Waals surface area contributed by atoms with Crippen molar-refractivity contribution in [2.24, 2.45) is 11.1 Å². The summed E-state index contributed by atoms with van der Waals surface area (Å²) < 4.78 is 13.2. The molecular weight excluding hydrogens is 287 g/mol. The van der Waals surface area contributed by atoms with Gasteiger partial charge >= 0.3 is 0 Å². The van der Waals surface area contributed by atoms with Crippen LogP contribution in [0.2, 0.25) is 0 Å². The lowest BCUT2D eigenvalue weighted by Gasteiger charge is -2.11. The Labute approximate surface area is 126 Å². The Hall–Kier alpha value is -1.85. The molecule has 1 aliphatic carbocycles. The highest BCUT2D eigenvalue weighted by Gasteiger charge is 2.27. The molecule has 3 N–H and O–H groups in total. The third kappa shape index (κ3) is 3.09. The number of carbonyl (C=O) groups is 1. The molecule has 0 spiro atoms. The minimum absolute atomic E-state index is 0.0363. The predicted molar refractivity (Wildman–Crippen MR) is 82.4 cm³/mol. The molecule has 0 saturated heterocycles. The van der Waals surface area contributed by atoms with Gasteiger partial charge in [0.1, 0.15) is 5.82 Å². The van der Waals surface area contributed by atoms with E-state index in [0.717, 1.165) is 33.7 Å². The molecule has 1 atom stereocenters. The van der Waals surface area contributed by atoms with Crippen molar-refractivity contribution in [1.82, 2.24) is 0 Å². The second-order valence-corrected chi connectivity index (χ2v) is 5.86. The molecule has 3 rings (SSSR count). The SMILES string of the molecule is NSc1cccc(NC(=O)[C@H]2Cc3ccc(F)cc3C2)c1. The summed E-state index contributed by atoms with van der Waals surface area (Å²) in [6.07, 6.45) is 1.25. The molecule has 3 nitrogen and oxygen atoms in total. The van der Waals surface area contributed by atoms with Crippen LogP contribution in [0.3, 0.4) is 0 Å². The highest BCUT2D eigenvalue weighted by Crippen LogP contribution is 2.28. The van der Waals surface area contributed by atoms with E-state index in [1.165, 1.54) is 12.1 Å². The number of halogens is 1. The van der Waals surface area contributed by atoms with E-state index >= 15 is 0 Å². The average Bonchev–Trinajstić information content (AvgIpc) is 2.90. The first-order valence-corrected chi connectivity index (χ1v) is 7.58. The molecule has 0 fully saturated rings. The van der Waals surface area contributed by atoms with Crippen molar-refractivity contribution in [3.8, 4) is 0 Å². The number of benzene rings is 2. The van der Waals surface area contributed by atoms with E-state index in [4.69, 9.17) is 5.14 Å². The number of hydrogen-bond donors (Lipinski definition) is 2. The van der Waals surface area contributed by atoms with Gasteiger partial charge in [0, 0.05) is 16.5 Å². The molecule has 0 radical (unpaired) electrons. The fourth-order valence-electron chi connectivity index (χ4n) is 2.66. The van der Waals surface area contributed by atoms with Crippen LogP contribution in [0.25, 0.3) is 0 Å². The van der Waals surface area contributed by atoms with Crippen molar-refractivity contribution in [3.63, 3.8) is 0 Å². The first-order valence-electron chi connectivity index (χ1n) is 6.70. The molecule has 1 aliphatic rings. The Kier molecular flexibility index (Phi) is 3.94. The van der Waals surface area contributed by atoms with E-state index in [1.807, 2.05) is 24.3 Å². The number of nitrogens with two attached hydrogens (primary N) is 1. The molecule has 0 unspecified atom stereocenters. The van der Waals surface area contributed by atoms with Gasteiger partial charge in [-0.2, -0.15) is 0 Å². The van der Waals surface area contributed by atoms with Gasteiger partial charge in [-0.05, 0) is 66.2 Å². The lowest BCUT2D eigenvalue weighted by atomic mass is 10.1. The second-order valence-electron chi connectivity index (χ2n) is 5.15. The maximum atomic E-state index is 13.2. The third-order valence-corrected chi connectivity index (χ3v) is 4.24. The first-order chi connectivity index (χ1) is 10.2. The molecule has 0 saturated carbocycles. The van der Waals surface area contributed by atoms with Crippen LogP contribution in [0, 0.1) is 11.7 Å². The van der Waals surface area contributed by atoms with Crippen LogP contribution < -0.4 is 10.5 Å². The van der Waals surface area contributed by atoms with Crippen molar-refractivity contribution in [2.45, 2.75) is 17.7 Å². The number of hydrogen-bond acceptors (Lipinski definition) is 3. The summed E-state index contributed by atoms with van der Waals surface area (Å²) in [5.74, 6) is -0.427. The summed E-state index contributed by atoms with van der Waals surface area (Å²) in [4.78, 5) is 13.2. The molecule has 0 aliphatic heterocycles. The van der Waals surface area contributed by atoms with Gasteiger partial charge in [0.25, 0.3) is 0 Å². The van der Waals surface area contributed by atoms with Crippen molar-refractivity contribution in [2.75, 3.05) is 5.32 Å². The van der Waals surface area contributed by atoms with E-state index < -0.39 is 0 Å². The van der Waals surface area contributed by atoms with E-state index in [9.17, 15) is 9.18 Å². The van der Waals surface area contributed by atoms with Crippen molar-refractivity contribution in [3.05, 3.63) is 59.4 Å². The lowest BCUT2D eigenvalue weighted by Crippen LogP contribution is -2.23. The molecule has 108 valence electrons. The summed E-state index contributed by atoms with van der Waals surface area (Å²) in [6, 6.07) is 12.1. The number of amides is 1. The molecule has 21 heavy (non-hydrogen) atoms. The number of fused-ring (bicyclic) bond motifs is 1. The zero-order chi connectivity index (χ0) is 14.8. The largest absolute Gasteiger partial charge is 0.326 e. The van der Waals surface area contributed by atoms with Crippen molar-refractivity contribution < 1.29 is 9.18 Å². The minimum atomic E-state index is -0.248. The summed E-state index contributed by atoms with van der Waals surface area (Å²) in [5, 5.41) is 8.42. The zero-order valence-electron chi connectivity index (χ0n) is 11.3. The van der Waals surface area contributed by atoms with Gasteiger partial charge in [0.05, 0.1) is 0 Å². The Bertz CT molecular complexity index is 690. The Morgan fingerprint density at radius 3 is 2.81 bits per heavy atom. The van der Waals surface area contributed by atoms with E-state index in [-0.39, 0.29) is 17.6 Å². The maximum absolute atomic E-state index is 13.2. The van der Waals surface area contributed by atoms with Gasteiger partial charge in [-0.15, -0.1) is 0 Å². The molecule has 0 aromatic heterocycles. The fourth-order valence-corrected chi connectivity index (χ4v) is 3.02. The Morgan fingerprint density at radius 2 is 2.00 bits per heavy atom. The molecule has 2 aromatic rings. The van der Waals surface area contributed by atoms with Gasteiger partial charge in [-0.1, -0.05) is 12.1 Å². The molecule has 5 heteroatoms. The summed E-state index contributed by atoms with van der Waals surface area (Å²) in [5.41, 5.74) is 2.72. The van der Waals surface area contributed by atoms with Crippen LogP contribution in [0.4, 0.5) is 10.1 Å². The number of nitrogens with one attached hydrogen (secondary N) is 1. The van der Waals surface area contributed by atoms with E-state index in [2.05, 4.69) is 5.32 Å². The van der Waals surface area contributed by atoms with Gasteiger partial charge in [0.15, 0.2) is 0 Å². The standard InChI is InChI=1S/C16H15FN2OS/c17-13-5-4-10-6-12(7-11(10)8-13)16(20)19-14-2-1-3-15(9-14)21-18/h1-5,8-9,12H,6-7,18H2,(H,19,20)/t12-/m0/s1. The normalized spacial score (nSPS) is 16.6. The molecule has 0 heterocycles. The van der Waals surface area contributed by atoms with Crippen LogP contribution in [-0.4, -0.2) is 5.91 Å². The highest BCUT2D eigenvalue weighted by atomic mass is 32.2. The van der Waals surface area contributed by atoms with Gasteiger partial charge in [-0.25, -0.2) is 4.39 Å². The molecule has 0 bridgehead atoms. The Morgan fingerprint density at radius 1 is 1.19 bits per heavy atom. The number of rotatable bonds is 3. The first kappa shape index (κ1) is 14.1. The van der Waals surface area contributed by atoms with Crippen LogP contribution in [0.5, 0.6) is 0 Å². The van der Waals surface area contributed by atoms with Gasteiger partial charge < -0.3 is 5.32 Å². The van der Waals surface area contributed by atoms with Crippen molar-refractivity contribution >= 4 is 23.5 Å². The summed E-state index contributed by atoms with van der Waals surface area (Å²) >= 11 is 1.14. The monoisotopic (exact) mass is 302 g/mol. The van der Waals surface area contributed by atoms with E-state index in [0.29, 0.717) is 12.8 Å². The number of carbonyl (C=O) groups excluding carboxylic acids is 1. The lowest BCUT2D eigenvalue weighted by molar-refractivity contribution is -0.119. The van der Waals surface area contributed by atoms with Crippen LogP contribution >= 0.6 is 11.9 Å². The van der Waals surface area contributed by atoms with Crippen LogP contribution in [-0.2, 0) is 17.6 Å². The van der Waals surface area contributed by atoms with Crippen molar-refractivity contribution in [1.29, 1.82) is 0 Å². The topological polar surface area (TPSA) is 55.1 Å². The summed E-state index contributed by atoms with van der Waals surface area (Å²) in [6.45, 7) is 0. The summed E-state index contributed by atoms with van der Waals surface area (Å²) in [7, 11) is 0. The van der Waals surface area contributed by atoms with Gasteiger partial charge in [-0.3, -0.25) is 9.93 Å². The van der Waals surface area contributed by atoms with Gasteiger partial charge in [0.2, 0.25) is 5.91 Å². The maximum Gasteiger partial charge on any atom is 0.228 e. The Balaban J connectivity index is 1.70. The fraction of sp³-hybridized carbons (Fsp3) is 0.188. The van der Waals surface area contributed by atoms with Crippen LogP contribution in [0.1, 0.15) is 11.1 Å². The molecular formula is C16H15FN2OS. The quantitative estimate of drug-likeness (QED) is 0.856. The second kappa shape index (κ2) is 5.87. The predicted octanol–water partition coefficient (Wildman–Crippen LogP) is 3.15. The van der Waals surface area contributed by atoms with E-state index in [1.54, 1.807) is 6.07 Å².